The van der Waals surface area contributed by atoms with E-state index in [0.717, 1.165) is 50.6 Å². The first-order chi connectivity index (χ1) is 17.6. The predicted octanol–water partition coefficient (Wildman–Crippen LogP) is 7.11. The van der Waals surface area contributed by atoms with Crippen LogP contribution in [0.15, 0.2) is 36.4 Å². The Labute approximate surface area is 219 Å². The number of benzene rings is 2. The molecule has 3 rings (SSSR count). The molecular weight excluding hydrogens is 446 g/mol. The van der Waals surface area contributed by atoms with Crippen molar-refractivity contribution >= 4 is 21.8 Å². The molecule has 1 heterocycles. The van der Waals surface area contributed by atoms with E-state index in [9.17, 15) is 0 Å². The first-order valence-corrected chi connectivity index (χ1v) is 14.3. The molecule has 2 aromatic carbocycles. The van der Waals surface area contributed by atoms with Gasteiger partial charge in [-0.15, -0.1) is 0 Å². The van der Waals surface area contributed by atoms with Crippen molar-refractivity contribution in [3.05, 3.63) is 36.4 Å². The van der Waals surface area contributed by atoms with Crippen LogP contribution in [0.2, 0.25) is 0 Å². The molecule has 0 saturated heterocycles. The highest BCUT2D eigenvalue weighted by atomic mass is 16.5. The van der Waals surface area contributed by atoms with Crippen LogP contribution in [-0.4, -0.2) is 66.8 Å². The minimum Gasteiger partial charge on any atom is -0.494 e. The molecule has 1 aromatic heterocycles. The van der Waals surface area contributed by atoms with Gasteiger partial charge in [0.25, 0.3) is 0 Å². The maximum atomic E-state index is 6.18. The SMILES string of the molecule is CCCN(CCC)CCCOc1ccc2c(c1)c1cc(OCCCN(CCC)CCC)ccc1n2C. The van der Waals surface area contributed by atoms with Gasteiger partial charge in [0.1, 0.15) is 11.5 Å². The van der Waals surface area contributed by atoms with E-state index in [0.29, 0.717) is 0 Å². The summed E-state index contributed by atoms with van der Waals surface area (Å²) in [5.74, 6) is 1.90. The smallest absolute Gasteiger partial charge is 0.120 e. The Morgan fingerprint density at radius 1 is 0.583 bits per heavy atom. The molecule has 0 aliphatic carbocycles. The molecule has 0 radical (unpaired) electrons. The van der Waals surface area contributed by atoms with Crippen molar-refractivity contribution in [3.8, 4) is 11.5 Å². The summed E-state index contributed by atoms with van der Waals surface area (Å²) in [6.45, 7) is 17.4. The molecular formula is C31H49N3O2. The Morgan fingerprint density at radius 3 is 1.33 bits per heavy atom. The molecule has 5 nitrogen and oxygen atoms in total. The van der Waals surface area contributed by atoms with Gasteiger partial charge in [-0.05, 0) is 101 Å². The van der Waals surface area contributed by atoms with Gasteiger partial charge in [0.05, 0.1) is 13.2 Å². The molecule has 0 bridgehead atoms. The molecule has 0 unspecified atom stereocenters. The maximum absolute atomic E-state index is 6.18. The van der Waals surface area contributed by atoms with E-state index in [1.165, 1.54) is 73.7 Å². The zero-order valence-electron chi connectivity index (χ0n) is 23.5. The lowest BCUT2D eigenvalue weighted by Gasteiger charge is -2.20. The molecule has 0 saturated carbocycles. The molecule has 5 heteroatoms. The van der Waals surface area contributed by atoms with Crippen molar-refractivity contribution in [2.24, 2.45) is 7.05 Å². The van der Waals surface area contributed by atoms with Gasteiger partial charge in [-0.25, -0.2) is 0 Å². The van der Waals surface area contributed by atoms with Crippen molar-refractivity contribution in [2.45, 2.75) is 66.2 Å². The van der Waals surface area contributed by atoms with Gasteiger partial charge in [0.2, 0.25) is 0 Å². The highest BCUT2D eigenvalue weighted by molar-refractivity contribution is 6.08. The maximum Gasteiger partial charge on any atom is 0.120 e. The average Bonchev–Trinajstić information content (AvgIpc) is 3.15. The second kappa shape index (κ2) is 15.1. The second-order valence-electron chi connectivity index (χ2n) is 10.0. The third-order valence-electron chi connectivity index (χ3n) is 6.88. The number of aryl methyl sites for hydroxylation is 1. The van der Waals surface area contributed by atoms with Crippen LogP contribution in [0.25, 0.3) is 21.8 Å². The lowest BCUT2D eigenvalue weighted by Crippen LogP contribution is -2.27. The van der Waals surface area contributed by atoms with Crippen LogP contribution in [0.3, 0.4) is 0 Å². The predicted molar refractivity (Wildman–Crippen MR) is 155 cm³/mol. The normalized spacial score (nSPS) is 11.9. The van der Waals surface area contributed by atoms with Crippen molar-refractivity contribution in [1.29, 1.82) is 0 Å². The van der Waals surface area contributed by atoms with Gasteiger partial charge in [0.15, 0.2) is 0 Å². The van der Waals surface area contributed by atoms with Gasteiger partial charge < -0.3 is 23.8 Å². The highest BCUT2D eigenvalue weighted by Gasteiger charge is 2.11. The molecule has 3 aromatic rings. The fraction of sp³-hybridized carbons (Fsp3) is 0.613. The van der Waals surface area contributed by atoms with Crippen molar-refractivity contribution < 1.29 is 9.47 Å². The number of rotatable bonds is 18. The topological polar surface area (TPSA) is 29.9 Å². The average molecular weight is 496 g/mol. The van der Waals surface area contributed by atoms with Crippen LogP contribution in [0.4, 0.5) is 0 Å². The summed E-state index contributed by atoms with van der Waals surface area (Å²) in [5.41, 5.74) is 2.45. The molecule has 0 N–H and O–H groups in total. The van der Waals surface area contributed by atoms with Crippen LogP contribution < -0.4 is 9.47 Å². The Balaban J connectivity index is 1.62. The molecule has 0 spiro atoms. The number of fused-ring (bicyclic) bond motifs is 3. The highest BCUT2D eigenvalue weighted by Crippen LogP contribution is 2.33. The van der Waals surface area contributed by atoms with Crippen molar-refractivity contribution in [3.63, 3.8) is 0 Å². The van der Waals surface area contributed by atoms with E-state index in [1.54, 1.807) is 0 Å². The van der Waals surface area contributed by atoms with Crippen LogP contribution in [0.5, 0.6) is 11.5 Å². The lowest BCUT2D eigenvalue weighted by atomic mass is 10.1. The summed E-state index contributed by atoms with van der Waals surface area (Å²) < 4.78 is 14.6. The Morgan fingerprint density at radius 2 is 0.972 bits per heavy atom. The Hall–Kier alpha value is -2.24. The van der Waals surface area contributed by atoms with Gasteiger partial charge in [0, 0.05) is 41.9 Å². The number of nitrogens with zero attached hydrogens (tertiary/aromatic N) is 3. The third kappa shape index (κ3) is 7.88. The van der Waals surface area contributed by atoms with Gasteiger partial charge in [-0.1, -0.05) is 27.7 Å². The van der Waals surface area contributed by atoms with Gasteiger partial charge in [-0.2, -0.15) is 0 Å². The van der Waals surface area contributed by atoms with Crippen LogP contribution in [0, 0.1) is 0 Å². The Bertz CT molecular complexity index is 952. The summed E-state index contributed by atoms with van der Waals surface area (Å²) in [6, 6.07) is 13.0. The summed E-state index contributed by atoms with van der Waals surface area (Å²) in [7, 11) is 2.14. The summed E-state index contributed by atoms with van der Waals surface area (Å²) in [4.78, 5) is 5.09. The van der Waals surface area contributed by atoms with Crippen molar-refractivity contribution in [1.82, 2.24) is 14.4 Å². The molecule has 0 amide bonds. The van der Waals surface area contributed by atoms with Crippen LogP contribution in [-0.2, 0) is 7.05 Å². The number of hydrogen-bond acceptors (Lipinski definition) is 4. The first kappa shape index (κ1) is 28.3. The van der Waals surface area contributed by atoms with E-state index < -0.39 is 0 Å². The first-order valence-electron chi connectivity index (χ1n) is 14.3. The summed E-state index contributed by atoms with van der Waals surface area (Å²) in [6.07, 6.45) is 6.95. The van der Waals surface area contributed by atoms with E-state index in [4.69, 9.17) is 9.47 Å². The molecule has 0 aliphatic rings. The van der Waals surface area contributed by atoms with Gasteiger partial charge >= 0.3 is 0 Å². The summed E-state index contributed by atoms with van der Waals surface area (Å²) >= 11 is 0. The zero-order valence-corrected chi connectivity index (χ0v) is 23.5. The summed E-state index contributed by atoms with van der Waals surface area (Å²) in [5, 5.41) is 2.46. The minimum absolute atomic E-state index is 0.752. The van der Waals surface area contributed by atoms with E-state index in [-0.39, 0.29) is 0 Å². The number of ether oxygens (including phenoxy) is 2. The molecule has 36 heavy (non-hydrogen) atoms. The number of hydrogen-bond donors (Lipinski definition) is 0. The standard InChI is InChI=1S/C31H49N3O2/c1-6-16-33(17-7-2)20-10-22-35-26-12-14-30-28(24-26)29-25-27(13-15-31(29)32(30)5)36-23-11-21-34(18-8-3)19-9-4/h12-15,24-25H,6-11,16-23H2,1-5H3. The second-order valence-corrected chi connectivity index (χ2v) is 10.0. The molecule has 0 atom stereocenters. The van der Waals surface area contributed by atoms with Crippen LogP contribution in [0.1, 0.15) is 66.2 Å². The fourth-order valence-corrected chi connectivity index (χ4v) is 5.25. The molecule has 0 fully saturated rings. The largest absolute Gasteiger partial charge is 0.494 e. The third-order valence-corrected chi connectivity index (χ3v) is 6.88. The molecule has 0 aliphatic heterocycles. The van der Waals surface area contributed by atoms with E-state index >= 15 is 0 Å². The lowest BCUT2D eigenvalue weighted by molar-refractivity contribution is 0.234. The van der Waals surface area contributed by atoms with Gasteiger partial charge in [-0.3, -0.25) is 0 Å². The van der Waals surface area contributed by atoms with Crippen LogP contribution >= 0.6 is 0 Å². The fourth-order valence-electron chi connectivity index (χ4n) is 5.25. The van der Waals surface area contributed by atoms with E-state index in [2.05, 4.69) is 85.5 Å². The monoisotopic (exact) mass is 495 g/mol. The van der Waals surface area contributed by atoms with Crippen molar-refractivity contribution in [2.75, 3.05) is 52.5 Å². The zero-order chi connectivity index (χ0) is 25.8. The number of aromatic nitrogens is 1. The van der Waals surface area contributed by atoms with E-state index in [1.807, 2.05) is 0 Å². The quantitative estimate of drug-likeness (QED) is 0.176. The molecule has 200 valence electrons. The Kier molecular flexibility index (Phi) is 11.9. The minimum atomic E-state index is 0.752.